The summed E-state index contributed by atoms with van der Waals surface area (Å²) in [7, 11) is 3.27. The van der Waals surface area contributed by atoms with Gasteiger partial charge in [0.2, 0.25) is 5.91 Å². The number of para-hydroxylation sites is 1. The Morgan fingerprint density at radius 1 is 0.941 bits per heavy atom. The molecule has 1 amide bonds. The van der Waals surface area contributed by atoms with Crippen LogP contribution in [0.25, 0.3) is 0 Å². The van der Waals surface area contributed by atoms with E-state index < -0.39 is 0 Å². The number of aryl methyl sites for hydroxylation is 1. The maximum absolute atomic E-state index is 13.9. The molecule has 0 unspecified atom stereocenters. The minimum absolute atomic E-state index is 0.0600. The summed E-state index contributed by atoms with van der Waals surface area (Å²) in [5, 5.41) is 0. The number of nitrogens with zero attached hydrogens (tertiary/aromatic N) is 2. The van der Waals surface area contributed by atoms with Gasteiger partial charge in [-0.25, -0.2) is 4.39 Å². The first kappa shape index (κ1) is 24.3. The van der Waals surface area contributed by atoms with Gasteiger partial charge in [-0.05, 0) is 55.9 Å². The van der Waals surface area contributed by atoms with E-state index >= 15 is 0 Å². The Hall–Kier alpha value is -2.80. The first-order valence-electron chi connectivity index (χ1n) is 12.2. The van der Waals surface area contributed by atoms with Gasteiger partial charge < -0.3 is 19.1 Å². The number of hydrogen-bond acceptors (Lipinski definition) is 5. The highest BCUT2D eigenvalue weighted by atomic mass is 19.1. The van der Waals surface area contributed by atoms with E-state index in [-0.39, 0.29) is 17.8 Å². The van der Waals surface area contributed by atoms with E-state index in [1.807, 2.05) is 23.1 Å². The molecule has 2 saturated heterocycles. The minimum Gasteiger partial charge on any atom is -0.497 e. The molecular weight excluding hydrogens is 435 g/mol. The molecule has 0 radical (unpaired) electrons. The first-order chi connectivity index (χ1) is 16.6. The predicted octanol–water partition coefficient (Wildman–Crippen LogP) is 4.31. The molecular formula is C27H35FN2O4. The van der Waals surface area contributed by atoms with Crippen LogP contribution in [0.4, 0.5) is 4.39 Å². The van der Waals surface area contributed by atoms with E-state index in [4.69, 9.17) is 14.2 Å². The van der Waals surface area contributed by atoms with Crippen molar-refractivity contribution >= 4 is 5.91 Å². The van der Waals surface area contributed by atoms with Gasteiger partial charge in [0.25, 0.3) is 0 Å². The number of carbonyl (C=O) groups is 1. The van der Waals surface area contributed by atoms with Crippen LogP contribution in [0.5, 0.6) is 17.2 Å². The van der Waals surface area contributed by atoms with Crippen LogP contribution in [0.15, 0.2) is 42.5 Å². The third-order valence-corrected chi connectivity index (χ3v) is 7.04. The number of piperidine rings is 2. The number of halogens is 1. The summed E-state index contributed by atoms with van der Waals surface area (Å²) in [4.78, 5) is 17.3. The average molecular weight is 471 g/mol. The number of hydrogen-bond donors (Lipinski definition) is 0. The lowest BCUT2D eigenvalue weighted by molar-refractivity contribution is -0.132. The second-order valence-corrected chi connectivity index (χ2v) is 9.07. The molecule has 34 heavy (non-hydrogen) atoms. The monoisotopic (exact) mass is 470 g/mol. The standard InChI is InChI=1S/C27H35FN2O4/c1-32-23-9-7-20(26(19-23)33-2)8-10-27(31)30-15-11-21(12-16-30)29-17-13-22(14-18-29)34-25-6-4-3-5-24(25)28/h3-7,9,19,21-22H,8,10-18H2,1-2H3. The molecule has 0 atom stereocenters. The fourth-order valence-electron chi connectivity index (χ4n) is 5.02. The van der Waals surface area contributed by atoms with Gasteiger partial charge in [0.1, 0.15) is 17.6 Å². The molecule has 6 nitrogen and oxygen atoms in total. The van der Waals surface area contributed by atoms with Gasteiger partial charge in [0.05, 0.1) is 14.2 Å². The third-order valence-electron chi connectivity index (χ3n) is 7.04. The van der Waals surface area contributed by atoms with Gasteiger partial charge in [0.15, 0.2) is 11.6 Å². The number of methoxy groups -OCH3 is 2. The van der Waals surface area contributed by atoms with Crippen molar-refractivity contribution in [2.45, 2.75) is 50.7 Å². The second-order valence-electron chi connectivity index (χ2n) is 9.07. The van der Waals surface area contributed by atoms with Crippen molar-refractivity contribution < 1.29 is 23.4 Å². The van der Waals surface area contributed by atoms with Crippen molar-refractivity contribution in [3.05, 3.63) is 53.8 Å². The molecule has 2 aliphatic heterocycles. The van der Waals surface area contributed by atoms with E-state index in [1.165, 1.54) is 6.07 Å². The Morgan fingerprint density at radius 2 is 1.68 bits per heavy atom. The van der Waals surface area contributed by atoms with Crippen LogP contribution in [-0.4, -0.2) is 68.3 Å². The summed E-state index contributed by atoms with van der Waals surface area (Å²) >= 11 is 0. The van der Waals surface area contributed by atoms with Gasteiger partial charge in [-0.1, -0.05) is 18.2 Å². The zero-order chi connectivity index (χ0) is 23.9. The quantitative estimate of drug-likeness (QED) is 0.576. The number of likely N-dealkylation sites (tertiary alicyclic amines) is 2. The Kier molecular flexibility index (Phi) is 8.27. The molecule has 4 rings (SSSR count). The maximum Gasteiger partial charge on any atom is 0.222 e. The van der Waals surface area contributed by atoms with Crippen molar-refractivity contribution in [1.82, 2.24) is 9.80 Å². The highest BCUT2D eigenvalue weighted by Gasteiger charge is 2.30. The Labute approximate surface area is 201 Å². The van der Waals surface area contributed by atoms with Gasteiger partial charge in [0, 0.05) is 44.7 Å². The van der Waals surface area contributed by atoms with E-state index in [0.717, 1.165) is 68.9 Å². The van der Waals surface area contributed by atoms with Crippen LogP contribution < -0.4 is 14.2 Å². The van der Waals surface area contributed by atoms with Crippen molar-refractivity contribution in [2.75, 3.05) is 40.4 Å². The normalized spacial score (nSPS) is 18.0. The molecule has 2 fully saturated rings. The largest absolute Gasteiger partial charge is 0.497 e. The molecule has 0 aromatic heterocycles. The second kappa shape index (κ2) is 11.6. The Bertz CT molecular complexity index is 953. The topological polar surface area (TPSA) is 51.2 Å². The SMILES string of the molecule is COc1ccc(CCC(=O)N2CCC(N3CCC(Oc4ccccc4F)CC3)CC2)c(OC)c1. The summed E-state index contributed by atoms with van der Waals surface area (Å²) in [5.74, 6) is 1.76. The number of rotatable bonds is 8. The van der Waals surface area contributed by atoms with Crippen LogP contribution in [0.1, 0.15) is 37.7 Å². The highest BCUT2D eigenvalue weighted by molar-refractivity contribution is 5.76. The van der Waals surface area contributed by atoms with Gasteiger partial charge >= 0.3 is 0 Å². The van der Waals surface area contributed by atoms with Crippen LogP contribution in [0.2, 0.25) is 0 Å². The Balaban J connectivity index is 1.19. The van der Waals surface area contributed by atoms with Crippen LogP contribution in [0.3, 0.4) is 0 Å². The molecule has 0 bridgehead atoms. The molecule has 184 valence electrons. The summed E-state index contributed by atoms with van der Waals surface area (Å²) in [6.07, 6.45) is 4.99. The van der Waals surface area contributed by atoms with E-state index in [2.05, 4.69) is 4.90 Å². The molecule has 2 aromatic rings. The summed E-state index contributed by atoms with van der Waals surface area (Å²) in [6.45, 7) is 3.51. The summed E-state index contributed by atoms with van der Waals surface area (Å²) in [6, 6.07) is 12.8. The van der Waals surface area contributed by atoms with E-state index in [9.17, 15) is 9.18 Å². The Morgan fingerprint density at radius 3 is 2.35 bits per heavy atom. The lowest BCUT2D eigenvalue weighted by Crippen LogP contribution is -2.50. The van der Waals surface area contributed by atoms with Gasteiger partial charge in [-0.15, -0.1) is 0 Å². The van der Waals surface area contributed by atoms with Crippen LogP contribution in [0, 0.1) is 5.82 Å². The summed E-state index contributed by atoms with van der Waals surface area (Å²) in [5.41, 5.74) is 1.02. The lowest BCUT2D eigenvalue weighted by Gasteiger charge is -2.41. The zero-order valence-electron chi connectivity index (χ0n) is 20.2. The first-order valence-corrected chi connectivity index (χ1v) is 12.2. The number of benzene rings is 2. The molecule has 0 saturated carbocycles. The third kappa shape index (κ3) is 6.00. The molecule has 7 heteroatoms. The van der Waals surface area contributed by atoms with Crippen molar-refractivity contribution in [1.29, 1.82) is 0 Å². The lowest BCUT2D eigenvalue weighted by atomic mass is 9.98. The van der Waals surface area contributed by atoms with Crippen LogP contribution in [-0.2, 0) is 11.2 Å². The molecule has 2 heterocycles. The fraction of sp³-hybridized carbons (Fsp3) is 0.519. The smallest absolute Gasteiger partial charge is 0.222 e. The molecule has 2 aliphatic rings. The van der Waals surface area contributed by atoms with Crippen LogP contribution >= 0.6 is 0 Å². The molecule has 0 spiro atoms. The molecule has 2 aromatic carbocycles. The fourth-order valence-corrected chi connectivity index (χ4v) is 5.02. The van der Waals surface area contributed by atoms with E-state index in [0.29, 0.717) is 24.6 Å². The van der Waals surface area contributed by atoms with Gasteiger partial charge in [-0.2, -0.15) is 0 Å². The minimum atomic E-state index is -0.299. The molecule has 0 aliphatic carbocycles. The zero-order valence-corrected chi connectivity index (χ0v) is 20.2. The van der Waals surface area contributed by atoms with Gasteiger partial charge in [-0.3, -0.25) is 9.69 Å². The number of amides is 1. The predicted molar refractivity (Wildman–Crippen MR) is 129 cm³/mol. The van der Waals surface area contributed by atoms with Crippen molar-refractivity contribution in [3.63, 3.8) is 0 Å². The summed E-state index contributed by atoms with van der Waals surface area (Å²) < 4.78 is 30.5. The average Bonchev–Trinajstić information content (AvgIpc) is 2.89. The number of ether oxygens (including phenoxy) is 3. The molecule has 0 N–H and O–H groups in total. The highest BCUT2D eigenvalue weighted by Crippen LogP contribution is 2.27. The number of carbonyl (C=O) groups excluding carboxylic acids is 1. The van der Waals surface area contributed by atoms with E-state index in [1.54, 1.807) is 32.4 Å². The van der Waals surface area contributed by atoms with Crippen molar-refractivity contribution in [2.24, 2.45) is 0 Å². The van der Waals surface area contributed by atoms with Crippen molar-refractivity contribution in [3.8, 4) is 17.2 Å². The maximum atomic E-state index is 13.9.